The fraction of sp³-hybridized carbons (Fsp3) is 0.222. The zero-order valence-corrected chi connectivity index (χ0v) is 13.2. The van der Waals surface area contributed by atoms with Gasteiger partial charge in [0.1, 0.15) is 18.0 Å². The predicted octanol–water partition coefficient (Wildman–Crippen LogP) is 3.18. The Morgan fingerprint density at radius 2 is 1.70 bits per heavy atom. The zero-order chi connectivity index (χ0) is 16.2. The molecule has 4 nitrogen and oxygen atoms in total. The van der Waals surface area contributed by atoms with E-state index < -0.39 is 0 Å². The van der Waals surface area contributed by atoms with Crippen LogP contribution in [0.15, 0.2) is 60.9 Å². The highest BCUT2D eigenvalue weighted by Crippen LogP contribution is 2.28. The maximum absolute atomic E-state index is 13.3. The molecule has 3 aromatic rings. The van der Waals surface area contributed by atoms with Crippen molar-refractivity contribution in [2.75, 3.05) is 7.05 Å². The summed E-state index contributed by atoms with van der Waals surface area (Å²) in [6.07, 6.45) is 1.69. The molecule has 0 N–H and O–H groups in total. The lowest BCUT2D eigenvalue weighted by Gasteiger charge is -2.28. The maximum atomic E-state index is 13.3. The Bertz CT molecular complexity index is 752. The molecular weight excluding hydrogens is 291 g/mol. The van der Waals surface area contributed by atoms with E-state index in [1.54, 1.807) is 6.33 Å². The van der Waals surface area contributed by atoms with E-state index in [2.05, 4.69) is 27.2 Å². The first kappa shape index (κ1) is 15.4. The van der Waals surface area contributed by atoms with Crippen LogP contribution < -0.4 is 0 Å². The van der Waals surface area contributed by atoms with E-state index in [0.717, 1.165) is 17.0 Å². The molecule has 0 amide bonds. The Labute approximate surface area is 135 Å². The third-order valence-corrected chi connectivity index (χ3v) is 3.94. The van der Waals surface area contributed by atoms with Crippen LogP contribution in [0.1, 0.15) is 23.0 Å². The Balaban J connectivity index is 1.94. The number of benzene rings is 2. The number of hydrogen-bond donors (Lipinski definition) is 0. The number of rotatable bonds is 5. The molecule has 0 aliphatic rings. The third-order valence-electron chi connectivity index (χ3n) is 3.94. The molecule has 0 unspecified atom stereocenters. The topological polar surface area (TPSA) is 34.0 Å². The number of aromatic nitrogens is 3. The number of nitrogens with zero attached hydrogens (tertiary/aromatic N) is 4. The molecule has 1 heterocycles. The number of halogens is 1. The molecule has 1 atom stereocenters. The average Bonchev–Trinajstić information content (AvgIpc) is 2.96. The second kappa shape index (κ2) is 6.71. The van der Waals surface area contributed by atoms with Crippen LogP contribution in [0.5, 0.6) is 0 Å². The summed E-state index contributed by atoms with van der Waals surface area (Å²) < 4.78 is 15.2. The molecule has 0 aliphatic carbocycles. The summed E-state index contributed by atoms with van der Waals surface area (Å²) in [5.74, 6) is 0.659. The lowest BCUT2D eigenvalue weighted by atomic mass is 9.97. The van der Waals surface area contributed by atoms with E-state index in [9.17, 15) is 4.39 Å². The summed E-state index contributed by atoms with van der Waals surface area (Å²) in [4.78, 5) is 2.19. The van der Waals surface area contributed by atoms with Gasteiger partial charge in [-0.15, -0.1) is 10.2 Å². The van der Waals surface area contributed by atoms with Crippen molar-refractivity contribution in [3.63, 3.8) is 0 Å². The molecule has 0 aliphatic heterocycles. The number of aryl methyl sites for hydroxylation is 1. The van der Waals surface area contributed by atoms with Gasteiger partial charge in [-0.25, -0.2) is 4.39 Å². The molecule has 2 aromatic carbocycles. The van der Waals surface area contributed by atoms with Crippen molar-refractivity contribution in [3.05, 3.63) is 83.7 Å². The first-order valence-corrected chi connectivity index (χ1v) is 7.48. The molecule has 3 rings (SSSR count). The zero-order valence-electron chi connectivity index (χ0n) is 13.2. The van der Waals surface area contributed by atoms with Crippen molar-refractivity contribution >= 4 is 0 Å². The Kier molecular flexibility index (Phi) is 4.48. The van der Waals surface area contributed by atoms with Gasteiger partial charge >= 0.3 is 0 Å². The van der Waals surface area contributed by atoms with Crippen LogP contribution in [-0.2, 0) is 13.6 Å². The summed E-state index contributed by atoms with van der Waals surface area (Å²) in [5, 5.41) is 8.08. The summed E-state index contributed by atoms with van der Waals surface area (Å²) >= 11 is 0. The van der Waals surface area contributed by atoms with Gasteiger partial charge in [0.15, 0.2) is 0 Å². The van der Waals surface area contributed by atoms with E-state index in [-0.39, 0.29) is 11.9 Å². The molecule has 0 fully saturated rings. The maximum Gasteiger partial charge on any atom is 0.146 e. The van der Waals surface area contributed by atoms with Crippen molar-refractivity contribution in [2.24, 2.45) is 7.05 Å². The lowest BCUT2D eigenvalue weighted by Crippen LogP contribution is -2.26. The SMILES string of the molecule is CN(Cc1nncn1C)[C@H](c1ccccc1)c1ccc(F)cc1. The van der Waals surface area contributed by atoms with Gasteiger partial charge in [-0.1, -0.05) is 42.5 Å². The summed E-state index contributed by atoms with van der Waals surface area (Å²) in [5.41, 5.74) is 2.20. The van der Waals surface area contributed by atoms with Gasteiger partial charge in [0, 0.05) is 7.05 Å². The fourth-order valence-corrected chi connectivity index (χ4v) is 2.75. The van der Waals surface area contributed by atoms with Gasteiger partial charge in [-0.3, -0.25) is 4.90 Å². The van der Waals surface area contributed by atoms with Gasteiger partial charge in [0.05, 0.1) is 12.6 Å². The molecule has 5 heteroatoms. The highest BCUT2D eigenvalue weighted by molar-refractivity contribution is 5.32. The van der Waals surface area contributed by atoms with Crippen LogP contribution in [-0.4, -0.2) is 26.7 Å². The van der Waals surface area contributed by atoms with Crippen LogP contribution in [0.3, 0.4) is 0 Å². The van der Waals surface area contributed by atoms with Crippen LogP contribution >= 0.6 is 0 Å². The van der Waals surface area contributed by atoms with Crippen LogP contribution in [0, 0.1) is 5.82 Å². The highest BCUT2D eigenvalue weighted by atomic mass is 19.1. The second-order valence-corrected chi connectivity index (χ2v) is 5.64. The van der Waals surface area contributed by atoms with Crippen molar-refractivity contribution in [1.82, 2.24) is 19.7 Å². The highest BCUT2D eigenvalue weighted by Gasteiger charge is 2.20. The minimum Gasteiger partial charge on any atom is -0.320 e. The minimum atomic E-state index is -0.225. The first-order valence-electron chi connectivity index (χ1n) is 7.48. The Hall–Kier alpha value is -2.53. The third kappa shape index (κ3) is 3.46. The molecule has 0 radical (unpaired) electrons. The van der Waals surface area contributed by atoms with Crippen LogP contribution in [0.25, 0.3) is 0 Å². The fourth-order valence-electron chi connectivity index (χ4n) is 2.75. The summed E-state index contributed by atoms with van der Waals surface area (Å²) in [6.45, 7) is 0.646. The average molecular weight is 310 g/mol. The lowest BCUT2D eigenvalue weighted by molar-refractivity contribution is 0.260. The molecule has 0 saturated carbocycles. The molecular formula is C18H19FN4. The Morgan fingerprint density at radius 3 is 2.30 bits per heavy atom. The van der Waals surface area contributed by atoms with E-state index >= 15 is 0 Å². The monoisotopic (exact) mass is 310 g/mol. The van der Waals surface area contributed by atoms with Crippen molar-refractivity contribution in [2.45, 2.75) is 12.6 Å². The van der Waals surface area contributed by atoms with Crippen LogP contribution in [0.4, 0.5) is 4.39 Å². The van der Waals surface area contributed by atoms with Gasteiger partial charge in [-0.05, 0) is 30.3 Å². The van der Waals surface area contributed by atoms with E-state index in [1.807, 2.05) is 49.0 Å². The van der Waals surface area contributed by atoms with E-state index in [4.69, 9.17) is 0 Å². The smallest absolute Gasteiger partial charge is 0.146 e. The quantitative estimate of drug-likeness (QED) is 0.726. The van der Waals surface area contributed by atoms with E-state index in [0.29, 0.717) is 6.54 Å². The van der Waals surface area contributed by atoms with Crippen molar-refractivity contribution in [3.8, 4) is 0 Å². The van der Waals surface area contributed by atoms with Crippen LogP contribution in [0.2, 0.25) is 0 Å². The van der Waals surface area contributed by atoms with Gasteiger partial charge in [0.2, 0.25) is 0 Å². The van der Waals surface area contributed by atoms with Gasteiger partial charge in [0.25, 0.3) is 0 Å². The largest absolute Gasteiger partial charge is 0.320 e. The molecule has 1 aromatic heterocycles. The molecule has 23 heavy (non-hydrogen) atoms. The van der Waals surface area contributed by atoms with Crippen molar-refractivity contribution < 1.29 is 4.39 Å². The summed E-state index contributed by atoms with van der Waals surface area (Å²) in [7, 11) is 3.97. The second-order valence-electron chi connectivity index (χ2n) is 5.64. The normalized spacial score (nSPS) is 12.5. The molecule has 0 spiro atoms. The minimum absolute atomic E-state index is 0.0218. The van der Waals surface area contributed by atoms with Gasteiger partial charge in [-0.2, -0.15) is 0 Å². The number of hydrogen-bond acceptors (Lipinski definition) is 3. The Morgan fingerprint density at radius 1 is 1.04 bits per heavy atom. The predicted molar refractivity (Wildman–Crippen MR) is 87.2 cm³/mol. The molecule has 118 valence electrons. The summed E-state index contributed by atoms with van der Waals surface area (Å²) in [6, 6.07) is 16.9. The molecule has 0 saturated heterocycles. The molecule has 0 bridgehead atoms. The first-order chi connectivity index (χ1) is 11.1. The van der Waals surface area contributed by atoms with E-state index in [1.165, 1.54) is 12.1 Å². The van der Waals surface area contributed by atoms with Gasteiger partial charge < -0.3 is 4.57 Å². The van der Waals surface area contributed by atoms with Crippen molar-refractivity contribution in [1.29, 1.82) is 0 Å². The standard InChI is InChI=1S/C18H19FN4/c1-22(12-17-21-20-13-23(17)2)18(14-6-4-3-5-7-14)15-8-10-16(19)11-9-15/h3-11,13,18H,12H2,1-2H3/t18-/m1/s1.